The van der Waals surface area contributed by atoms with E-state index in [0.29, 0.717) is 6.54 Å². The molecule has 1 atom stereocenters. The molecule has 0 saturated carbocycles. The van der Waals surface area contributed by atoms with E-state index in [4.69, 9.17) is 0 Å². The lowest BCUT2D eigenvalue weighted by Crippen LogP contribution is -2.35. The smallest absolute Gasteiger partial charge is 0.232 e. The zero-order valence-corrected chi connectivity index (χ0v) is 11.6. The number of carbonyl (C=O) groups is 2. The van der Waals surface area contributed by atoms with Crippen molar-refractivity contribution in [3.8, 4) is 0 Å². The Morgan fingerprint density at radius 1 is 1.41 bits per heavy atom. The van der Waals surface area contributed by atoms with Crippen LogP contribution in [0.4, 0.5) is 5.69 Å². The molecule has 1 aromatic carbocycles. The molecule has 0 spiro atoms. The largest absolute Gasteiger partial charge is 0.355 e. The molecule has 2 amide bonds. The number of nitrogens with one attached hydrogen (secondary N) is 2. The normalized spacial score (nSPS) is 23.3. The van der Waals surface area contributed by atoms with Crippen molar-refractivity contribution in [2.75, 3.05) is 11.9 Å². The van der Waals surface area contributed by atoms with Gasteiger partial charge in [-0.05, 0) is 53.8 Å². The monoisotopic (exact) mass is 344 g/mol. The quantitative estimate of drug-likeness (QED) is 0.804. The van der Waals surface area contributed by atoms with Crippen LogP contribution in [0.2, 0.25) is 0 Å². The van der Waals surface area contributed by atoms with E-state index in [-0.39, 0.29) is 18.2 Å². The van der Waals surface area contributed by atoms with E-state index < -0.39 is 5.41 Å². The van der Waals surface area contributed by atoms with Gasteiger partial charge in [-0.25, -0.2) is 0 Å². The van der Waals surface area contributed by atoms with Crippen LogP contribution in [0.5, 0.6) is 0 Å². The standard InChI is InChI=1S/C12H13IN2O2/c1-12(6-10(16)14-7-12)11(17)15-9-4-2-8(13)3-5-9/h2-5H,6-7H2,1H3,(H,14,16)(H,15,17). The molecule has 0 bridgehead atoms. The summed E-state index contributed by atoms with van der Waals surface area (Å²) in [7, 11) is 0. The molecule has 2 rings (SSSR count). The van der Waals surface area contributed by atoms with Gasteiger partial charge in [-0.15, -0.1) is 0 Å². The minimum atomic E-state index is -0.639. The fourth-order valence-electron chi connectivity index (χ4n) is 1.75. The highest BCUT2D eigenvalue weighted by molar-refractivity contribution is 14.1. The van der Waals surface area contributed by atoms with Gasteiger partial charge in [-0.3, -0.25) is 9.59 Å². The van der Waals surface area contributed by atoms with Crippen LogP contribution in [-0.2, 0) is 9.59 Å². The van der Waals surface area contributed by atoms with Gasteiger partial charge < -0.3 is 10.6 Å². The Morgan fingerprint density at radius 2 is 2.06 bits per heavy atom. The molecule has 1 heterocycles. The molecule has 5 heteroatoms. The van der Waals surface area contributed by atoms with Crippen molar-refractivity contribution in [2.24, 2.45) is 5.41 Å². The molecule has 2 N–H and O–H groups in total. The van der Waals surface area contributed by atoms with Gasteiger partial charge in [0.15, 0.2) is 0 Å². The van der Waals surface area contributed by atoms with Crippen LogP contribution in [-0.4, -0.2) is 18.4 Å². The molecule has 17 heavy (non-hydrogen) atoms. The minimum absolute atomic E-state index is 0.0646. The summed E-state index contributed by atoms with van der Waals surface area (Å²) >= 11 is 2.21. The lowest BCUT2D eigenvalue weighted by molar-refractivity contribution is -0.126. The lowest BCUT2D eigenvalue weighted by atomic mass is 9.88. The fourth-order valence-corrected chi connectivity index (χ4v) is 2.11. The molecule has 1 aromatic rings. The summed E-state index contributed by atoms with van der Waals surface area (Å²) in [5.41, 5.74) is 0.121. The zero-order valence-electron chi connectivity index (χ0n) is 9.42. The predicted molar refractivity (Wildman–Crippen MR) is 73.5 cm³/mol. The third kappa shape index (κ3) is 2.77. The number of benzene rings is 1. The molecule has 4 nitrogen and oxygen atoms in total. The molecule has 1 saturated heterocycles. The predicted octanol–water partition coefficient (Wildman–Crippen LogP) is 1.76. The maximum atomic E-state index is 12.1. The maximum Gasteiger partial charge on any atom is 0.232 e. The lowest BCUT2D eigenvalue weighted by Gasteiger charge is -2.20. The average Bonchev–Trinajstić information content (AvgIpc) is 2.63. The van der Waals surface area contributed by atoms with Gasteiger partial charge in [0.05, 0.1) is 5.41 Å². The van der Waals surface area contributed by atoms with Gasteiger partial charge in [0.1, 0.15) is 0 Å². The number of carbonyl (C=O) groups excluding carboxylic acids is 2. The van der Waals surface area contributed by atoms with E-state index in [1.54, 1.807) is 6.92 Å². The van der Waals surface area contributed by atoms with Crippen molar-refractivity contribution in [3.05, 3.63) is 27.8 Å². The van der Waals surface area contributed by atoms with Gasteiger partial charge in [0.25, 0.3) is 0 Å². The van der Waals surface area contributed by atoms with Gasteiger partial charge >= 0.3 is 0 Å². The number of amides is 2. The van der Waals surface area contributed by atoms with Crippen LogP contribution in [0.3, 0.4) is 0 Å². The second-order valence-electron chi connectivity index (χ2n) is 4.48. The topological polar surface area (TPSA) is 58.2 Å². The summed E-state index contributed by atoms with van der Waals surface area (Å²) < 4.78 is 1.12. The van der Waals surface area contributed by atoms with Gasteiger partial charge in [0.2, 0.25) is 11.8 Å². The van der Waals surface area contributed by atoms with Gasteiger partial charge in [0, 0.05) is 22.2 Å². The molecule has 1 fully saturated rings. The van der Waals surface area contributed by atoms with Crippen molar-refractivity contribution < 1.29 is 9.59 Å². The molecule has 0 aliphatic carbocycles. The van der Waals surface area contributed by atoms with Gasteiger partial charge in [-0.2, -0.15) is 0 Å². The summed E-state index contributed by atoms with van der Waals surface area (Å²) in [6, 6.07) is 7.56. The second kappa shape index (κ2) is 4.64. The van der Waals surface area contributed by atoms with Crippen LogP contribution in [0.15, 0.2) is 24.3 Å². The third-order valence-corrected chi connectivity index (χ3v) is 3.60. The first-order valence-electron chi connectivity index (χ1n) is 5.33. The van der Waals surface area contributed by atoms with Crippen molar-refractivity contribution in [1.82, 2.24) is 5.32 Å². The van der Waals surface area contributed by atoms with E-state index in [0.717, 1.165) is 9.26 Å². The Labute approximate surface area is 113 Å². The number of rotatable bonds is 2. The van der Waals surface area contributed by atoms with Gasteiger partial charge in [-0.1, -0.05) is 0 Å². The van der Waals surface area contributed by atoms with E-state index in [1.807, 2.05) is 24.3 Å². The van der Waals surface area contributed by atoms with Crippen LogP contribution >= 0.6 is 22.6 Å². The van der Waals surface area contributed by atoms with Crippen molar-refractivity contribution >= 4 is 40.1 Å². The highest BCUT2D eigenvalue weighted by Crippen LogP contribution is 2.27. The molecular formula is C12H13IN2O2. The molecule has 0 aromatic heterocycles. The Balaban J connectivity index is 2.06. The highest BCUT2D eigenvalue weighted by Gasteiger charge is 2.40. The molecule has 90 valence electrons. The summed E-state index contributed by atoms with van der Waals surface area (Å²) in [6.07, 6.45) is 0.253. The highest BCUT2D eigenvalue weighted by atomic mass is 127. The Hall–Kier alpha value is -1.11. The third-order valence-electron chi connectivity index (χ3n) is 2.88. The Bertz CT molecular complexity index is 458. The van der Waals surface area contributed by atoms with Crippen LogP contribution in [0.25, 0.3) is 0 Å². The van der Waals surface area contributed by atoms with Crippen molar-refractivity contribution in [2.45, 2.75) is 13.3 Å². The summed E-state index contributed by atoms with van der Waals surface area (Å²) in [5, 5.41) is 5.52. The first kappa shape index (κ1) is 12.3. The Kier molecular flexibility index (Phi) is 3.37. The number of halogens is 1. The molecule has 1 unspecified atom stereocenters. The zero-order chi connectivity index (χ0) is 12.5. The number of anilines is 1. The molecule has 1 aliphatic heterocycles. The first-order valence-corrected chi connectivity index (χ1v) is 6.41. The van der Waals surface area contributed by atoms with Crippen LogP contribution in [0, 0.1) is 8.99 Å². The van der Waals surface area contributed by atoms with Crippen LogP contribution in [0.1, 0.15) is 13.3 Å². The number of hydrogen-bond acceptors (Lipinski definition) is 2. The van der Waals surface area contributed by atoms with E-state index in [1.165, 1.54) is 0 Å². The summed E-state index contributed by atoms with van der Waals surface area (Å²) in [5.74, 6) is -0.178. The Morgan fingerprint density at radius 3 is 2.59 bits per heavy atom. The molecular weight excluding hydrogens is 331 g/mol. The minimum Gasteiger partial charge on any atom is -0.355 e. The van der Waals surface area contributed by atoms with E-state index in [9.17, 15) is 9.59 Å². The SMILES string of the molecule is CC1(C(=O)Nc2ccc(I)cc2)CNC(=O)C1. The van der Waals surface area contributed by atoms with Crippen molar-refractivity contribution in [1.29, 1.82) is 0 Å². The fraction of sp³-hybridized carbons (Fsp3) is 0.333. The molecule has 1 aliphatic rings. The van der Waals surface area contributed by atoms with E-state index >= 15 is 0 Å². The summed E-state index contributed by atoms with van der Waals surface area (Å²) in [4.78, 5) is 23.2. The van der Waals surface area contributed by atoms with Crippen molar-refractivity contribution in [3.63, 3.8) is 0 Å². The average molecular weight is 344 g/mol. The second-order valence-corrected chi connectivity index (χ2v) is 5.72. The molecule has 0 radical (unpaired) electrons. The number of hydrogen-bond donors (Lipinski definition) is 2. The maximum absolute atomic E-state index is 12.1. The first-order chi connectivity index (χ1) is 7.99. The summed E-state index contributed by atoms with van der Waals surface area (Å²) in [6.45, 7) is 2.20. The van der Waals surface area contributed by atoms with E-state index in [2.05, 4.69) is 33.2 Å². The van der Waals surface area contributed by atoms with Crippen LogP contribution < -0.4 is 10.6 Å².